The number of carbonyl (C=O) groups is 2. The summed E-state index contributed by atoms with van der Waals surface area (Å²) in [6, 6.07) is 8.94. The minimum absolute atomic E-state index is 0.0297. The molecule has 0 amide bonds. The van der Waals surface area contributed by atoms with E-state index in [4.69, 9.17) is 9.57 Å². The number of benzene rings is 1. The highest BCUT2D eigenvalue weighted by Crippen LogP contribution is 2.23. The van der Waals surface area contributed by atoms with E-state index < -0.39 is 0 Å². The second kappa shape index (κ2) is 7.75. The number of carbonyl (C=O) groups excluding carboxylic acids is 2. The molecule has 0 spiro atoms. The van der Waals surface area contributed by atoms with Gasteiger partial charge in [0.25, 0.3) is 0 Å². The predicted molar refractivity (Wildman–Crippen MR) is 82.0 cm³/mol. The number of hydrogen-bond acceptors (Lipinski definition) is 5. The number of nitrogens with zero attached hydrogens (tertiary/aromatic N) is 1. The van der Waals surface area contributed by atoms with Gasteiger partial charge < -0.3 is 9.57 Å². The highest BCUT2D eigenvalue weighted by atomic mass is 16.7. The van der Waals surface area contributed by atoms with Gasteiger partial charge in [-0.2, -0.15) is 0 Å². The zero-order valence-corrected chi connectivity index (χ0v) is 13.0. The largest absolute Gasteiger partial charge is 0.463 e. The first-order chi connectivity index (χ1) is 10.6. The van der Waals surface area contributed by atoms with E-state index in [0.717, 1.165) is 5.57 Å². The summed E-state index contributed by atoms with van der Waals surface area (Å²) < 4.78 is 4.91. The minimum atomic E-state index is -0.356. The molecule has 1 aliphatic rings. The normalized spacial score (nSPS) is 20.6. The van der Waals surface area contributed by atoms with Crippen LogP contribution in [0.5, 0.6) is 0 Å². The average Bonchev–Trinajstić information content (AvgIpc) is 2.51. The minimum Gasteiger partial charge on any atom is -0.463 e. The van der Waals surface area contributed by atoms with Crippen LogP contribution in [0.25, 0.3) is 0 Å². The van der Waals surface area contributed by atoms with E-state index in [9.17, 15) is 9.59 Å². The Hall–Kier alpha value is -2.14. The van der Waals surface area contributed by atoms with Crippen LogP contribution in [-0.2, 0) is 14.4 Å². The Kier molecular flexibility index (Phi) is 5.72. The molecule has 1 aliphatic heterocycles. The third-order valence-corrected chi connectivity index (χ3v) is 3.52. The lowest BCUT2D eigenvalue weighted by Gasteiger charge is -2.32. The number of ether oxygens (including phenoxy) is 1. The lowest BCUT2D eigenvalue weighted by molar-refractivity contribution is -0.141. The van der Waals surface area contributed by atoms with Gasteiger partial charge in [-0.05, 0) is 38.8 Å². The van der Waals surface area contributed by atoms with Gasteiger partial charge in [0.2, 0.25) is 0 Å². The molecular weight excluding hydrogens is 282 g/mol. The molecule has 0 radical (unpaired) electrons. The zero-order chi connectivity index (χ0) is 15.9. The molecule has 1 fully saturated rings. The summed E-state index contributed by atoms with van der Waals surface area (Å²) in [5.74, 6) is -0.662. The van der Waals surface area contributed by atoms with Gasteiger partial charge >= 0.3 is 11.9 Å². The average molecular weight is 303 g/mol. The van der Waals surface area contributed by atoms with Crippen molar-refractivity contribution in [3.05, 3.63) is 47.5 Å². The Labute approximate surface area is 130 Å². The summed E-state index contributed by atoms with van der Waals surface area (Å²) in [6.07, 6.45) is 2.92. The van der Waals surface area contributed by atoms with Gasteiger partial charge in [0.1, 0.15) is 0 Å². The van der Waals surface area contributed by atoms with Gasteiger partial charge in [-0.1, -0.05) is 23.8 Å². The van der Waals surface area contributed by atoms with Crippen LogP contribution in [0.3, 0.4) is 0 Å². The molecule has 2 rings (SSSR count). The monoisotopic (exact) mass is 303 g/mol. The van der Waals surface area contributed by atoms with Gasteiger partial charge in [-0.15, -0.1) is 5.06 Å². The molecule has 1 unspecified atom stereocenters. The van der Waals surface area contributed by atoms with Gasteiger partial charge in [-0.3, -0.25) is 0 Å². The van der Waals surface area contributed by atoms with Crippen molar-refractivity contribution in [2.75, 3.05) is 13.2 Å². The highest BCUT2D eigenvalue weighted by molar-refractivity contribution is 5.89. The highest BCUT2D eigenvalue weighted by Gasteiger charge is 2.25. The summed E-state index contributed by atoms with van der Waals surface area (Å²) in [6.45, 7) is 4.70. The number of esters is 1. The first-order valence-corrected chi connectivity index (χ1v) is 7.50. The SMILES string of the molecule is CCOC(=O)/C=C1/CCN(OC(=O)c2ccccc2)C(C)C1. The molecule has 1 heterocycles. The van der Waals surface area contributed by atoms with E-state index in [0.29, 0.717) is 31.6 Å². The first kappa shape index (κ1) is 16.2. The topological polar surface area (TPSA) is 55.8 Å². The maximum atomic E-state index is 12.1. The van der Waals surface area contributed by atoms with Crippen LogP contribution in [0.15, 0.2) is 42.0 Å². The van der Waals surface area contributed by atoms with Crippen molar-refractivity contribution < 1.29 is 19.2 Å². The molecule has 5 heteroatoms. The molecule has 22 heavy (non-hydrogen) atoms. The Morgan fingerprint density at radius 1 is 1.32 bits per heavy atom. The molecule has 0 aliphatic carbocycles. The van der Waals surface area contributed by atoms with Gasteiger partial charge in [0, 0.05) is 18.7 Å². The fourth-order valence-electron chi connectivity index (χ4n) is 2.41. The summed E-state index contributed by atoms with van der Waals surface area (Å²) in [4.78, 5) is 29.0. The van der Waals surface area contributed by atoms with Crippen molar-refractivity contribution in [1.29, 1.82) is 0 Å². The predicted octanol–water partition coefficient (Wildman–Crippen LogP) is 2.73. The van der Waals surface area contributed by atoms with Gasteiger partial charge in [0.05, 0.1) is 12.2 Å². The maximum Gasteiger partial charge on any atom is 0.357 e. The Morgan fingerprint density at radius 2 is 2.05 bits per heavy atom. The van der Waals surface area contributed by atoms with Crippen molar-refractivity contribution in [2.24, 2.45) is 0 Å². The van der Waals surface area contributed by atoms with Crippen LogP contribution in [-0.4, -0.2) is 36.2 Å². The van der Waals surface area contributed by atoms with E-state index in [-0.39, 0.29) is 18.0 Å². The van der Waals surface area contributed by atoms with Crippen molar-refractivity contribution in [3.63, 3.8) is 0 Å². The molecule has 118 valence electrons. The maximum absolute atomic E-state index is 12.1. The number of hydrogen-bond donors (Lipinski definition) is 0. The fourth-order valence-corrected chi connectivity index (χ4v) is 2.41. The van der Waals surface area contributed by atoms with Crippen LogP contribution < -0.4 is 0 Å². The van der Waals surface area contributed by atoms with Crippen LogP contribution >= 0.6 is 0 Å². The van der Waals surface area contributed by atoms with Crippen molar-refractivity contribution in [1.82, 2.24) is 5.06 Å². The van der Waals surface area contributed by atoms with Gasteiger partial charge in [-0.25, -0.2) is 9.59 Å². The molecule has 0 N–H and O–H groups in total. The second-order valence-corrected chi connectivity index (χ2v) is 5.24. The quantitative estimate of drug-likeness (QED) is 0.632. The Balaban J connectivity index is 1.91. The van der Waals surface area contributed by atoms with Gasteiger partial charge in [0.15, 0.2) is 0 Å². The number of hydroxylamine groups is 2. The van der Waals surface area contributed by atoms with Crippen LogP contribution in [0.2, 0.25) is 0 Å². The fraction of sp³-hybridized carbons (Fsp3) is 0.412. The number of rotatable bonds is 4. The molecule has 0 bridgehead atoms. The third-order valence-electron chi connectivity index (χ3n) is 3.52. The Morgan fingerprint density at radius 3 is 2.68 bits per heavy atom. The van der Waals surface area contributed by atoms with Crippen LogP contribution in [0.1, 0.15) is 37.0 Å². The van der Waals surface area contributed by atoms with Crippen LogP contribution in [0, 0.1) is 0 Å². The molecule has 1 atom stereocenters. The van der Waals surface area contributed by atoms with Crippen molar-refractivity contribution in [2.45, 2.75) is 32.7 Å². The van der Waals surface area contributed by atoms with Crippen molar-refractivity contribution in [3.8, 4) is 0 Å². The summed E-state index contributed by atoms with van der Waals surface area (Å²) in [7, 11) is 0. The summed E-state index contributed by atoms with van der Waals surface area (Å²) in [5, 5.41) is 1.68. The van der Waals surface area contributed by atoms with E-state index >= 15 is 0 Å². The summed E-state index contributed by atoms with van der Waals surface area (Å²) in [5.41, 5.74) is 1.56. The van der Waals surface area contributed by atoms with Crippen LogP contribution in [0.4, 0.5) is 0 Å². The van der Waals surface area contributed by atoms with E-state index in [1.807, 2.05) is 13.0 Å². The standard InChI is InChI=1S/C17H21NO4/c1-3-21-16(19)12-14-9-10-18(13(2)11-14)22-17(20)15-7-5-4-6-8-15/h4-8,12-13H,3,9-11H2,1-2H3/b14-12-. The second-order valence-electron chi connectivity index (χ2n) is 5.24. The molecule has 1 aromatic carbocycles. The molecule has 0 saturated carbocycles. The zero-order valence-electron chi connectivity index (χ0n) is 13.0. The molecule has 0 aromatic heterocycles. The lowest BCUT2D eigenvalue weighted by Crippen LogP contribution is -2.40. The summed E-state index contributed by atoms with van der Waals surface area (Å²) >= 11 is 0. The Bertz CT molecular complexity index is 553. The molecule has 5 nitrogen and oxygen atoms in total. The van der Waals surface area contributed by atoms with E-state index in [1.165, 1.54) is 0 Å². The van der Waals surface area contributed by atoms with Crippen molar-refractivity contribution >= 4 is 11.9 Å². The number of piperidine rings is 1. The lowest BCUT2D eigenvalue weighted by atomic mass is 9.99. The molecule has 1 aromatic rings. The smallest absolute Gasteiger partial charge is 0.357 e. The van der Waals surface area contributed by atoms with E-state index in [2.05, 4.69) is 0 Å². The van der Waals surface area contributed by atoms with E-state index in [1.54, 1.807) is 42.3 Å². The first-order valence-electron chi connectivity index (χ1n) is 7.50. The third kappa shape index (κ3) is 4.43. The molecular formula is C17H21NO4. The molecule has 1 saturated heterocycles.